The lowest BCUT2D eigenvalue weighted by Gasteiger charge is -2.38. The Morgan fingerprint density at radius 1 is 1.22 bits per heavy atom. The third-order valence-corrected chi connectivity index (χ3v) is 6.58. The molecule has 3 heterocycles. The second kappa shape index (κ2) is 10.6. The van der Waals surface area contributed by atoms with Gasteiger partial charge >= 0.3 is 0 Å². The smallest absolute Gasteiger partial charge is 0.272 e. The number of likely N-dealkylation sites (tertiary alicyclic amines) is 1. The molecule has 1 amide bonds. The molecule has 1 aromatic heterocycles. The number of hydrogen-bond acceptors (Lipinski definition) is 7. The van der Waals surface area contributed by atoms with Gasteiger partial charge < -0.3 is 25.0 Å². The average molecular weight is 460 g/mol. The Hall–Kier alpha value is -2.26. The van der Waals surface area contributed by atoms with Crippen molar-refractivity contribution in [3.63, 3.8) is 0 Å². The van der Waals surface area contributed by atoms with Gasteiger partial charge in [0, 0.05) is 44.5 Å². The Labute approximate surface area is 193 Å². The van der Waals surface area contributed by atoms with Crippen molar-refractivity contribution in [2.45, 2.75) is 44.4 Å². The van der Waals surface area contributed by atoms with Crippen molar-refractivity contribution >= 4 is 29.0 Å². The fourth-order valence-corrected chi connectivity index (χ4v) is 4.50. The van der Waals surface area contributed by atoms with Crippen LogP contribution in [-0.2, 0) is 9.47 Å². The normalized spacial score (nSPS) is 22.0. The fraction of sp³-hybridized carbons (Fsp3) is 0.522. The summed E-state index contributed by atoms with van der Waals surface area (Å²) in [6.07, 6.45) is 4.24. The molecule has 2 aliphatic heterocycles. The molecule has 2 atom stereocenters. The lowest BCUT2D eigenvalue weighted by atomic mass is 9.99. The van der Waals surface area contributed by atoms with E-state index in [2.05, 4.69) is 20.6 Å². The molecule has 1 aromatic carbocycles. The maximum Gasteiger partial charge on any atom is 0.272 e. The SMILES string of the molecule is COC1COCCC1NC1CCN(C(=O)c2ncnc(Nc3ccccc3Cl)c2C)CC1. The number of halogens is 1. The Bertz CT molecular complexity index is 936. The molecule has 0 bridgehead atoms. The minimum absolute atomic E-state index is 0.0635. The Balaban J connectivity index is 1.37. The summed E-state index contributed by atoms with van der Waals surface area (Å²) in [5.41, 5.74) is 1.87. The van der Waals surface area contributed by atoms with E-state index < -0.39 is 0 Å². The molecule has 2 aliphatic rings. The largest absolute Gasteiger partial charge is 0.379 e. The number of amides is 1. The molecule has 2 saturated heterocycles. The number of anilines is 2. The number of nitrogens with one attached hydrogen (secondary N) is 2. The van der Waals surface area contributed by atoms with Crippen molar-refractivity contribution in [1.82, 2.24) is 20.2 Å². The summed E-state index contributed by atoms with van der Waals surface area (Å²) in [6.45, 7) is 4.62. The first-order valence-corrected chi connectivity index (χ1v) is 11.4. The average Bonchev–Trinajstić information content (AvgIpc) is 2.82. The molecule has 172 valence electrons. The second-order valence-corrected chi connectivity index (χ2v) is 8.69. The minimum atomic E-state index is -0.0635. The van der Waals surface area contributed by atoms with E-state index in [1.54, 1.807) is 13.2 Å². The Kier molecular flexibility index (Phi) is 7.57. The van der Waals surface area contributed by atoms with Crippen LogP contribution in [0.3, 0.4) is 0 Å². The van der Waals surface area contributed by atoms with Crippen LogP contribution in [0.2, 0.25) is 5.02 Å². The molecule has 2 N–H and O–H groups in total. The molecule has 0 radical (unpaired) electrons. The van der Waals surface area contributed by atoms with Gasteiger partial charge in [0.15, 0.2) is 0 Å². The number of carbonyl (C=O) groups is 1. The molecule has 2 fully saturated rings. The van der Waals surface area contributed by atoms with Crippen molar-refractivity contribution in [1.29, 1.82) is 0 Å². The summed E-state index contributed by atoms with van der Waals surface area (Å²) in [4.78, 5) is 23.7. The first-order valence-electron chi connectivity index (χ1n) is 11.1. The van der Waals surface area contributed by atoms with Crippen molar-refractivity contribution < 1.29 is 14.3 Å². The van der Waals surface area contributed by atoms with Gasteiger partial charge in [0.25, 0.3) is 5.91 Å². The number of aromatic nitrogens is 2. The number of piperidine rings is 1. The van der Waals surface area contributed by atoms with Gasteiger partial charge in [-0.25, -0.2) is 9.97 Å². The van der Waals surface area contributed by atoms with Gasteiger partial charge in [-0.2, -0.15) is 0 Å². The molecular formula is C23H30ClN5O3. The topological polar surface area (TPSA) is 88.6 Å². The first kappa shape index (κ1) is 22.9. The van der Waals surface area contributed by atoms with E-state index in [0.29, 0.717) is 53.9 Å². The number of nitrogens with zero attached hydrogens (tertiary/aromatic N) is 3. The van der Waals surface area contributed by atoms with Crippen LogP contribution in [0.1, 0.15) is 35.3 Å². The Morgan fingerprint density at radius 3 is 2.75 bits per heavy atom. The maximum atomic E-state index is 13.2. The number of carbonyl (C=O) groups excluding carboxylic acids is 1. The molecule has 0 aliphatic carbocycles. The third kappa shape index (κ3) is 5.20. The van der Waals surface area contributed by atoms with Gasteiger partial charge in [0.05, 0.1) is 23.4 Å². The molecular weight excluding hydrogens is 430 g/mol. The van der Waals surface area contributed by atoms with E-state index in [1.165, 1.54) is 6.33 Å². The number of ether oxygens (including phenoxy) is 2. The van der Waals surface area contributed by atoms with Crippen LogP contribution < -0.4 is 10.6 Å². The molecule has 2 unspecified atom stereocenters. The van der Waals surface area contributed by atoms with E-state index in [0.717, 1.165) is 31.6 Å². The van der Waals surface area contributed by atoms with Crippen LogP contribution in [0.5, 0.6) is 0 Å². The Morgan fingerprint density at radius 2 is 2.00 bits per heavy atom. The van der Waals surface area contributed by atoms with Crippen LogP contribution in [0.25, 0.3) is 0 Å². The van der Waals surface area contributed by atoms with E-state index in [9.17, 15) is 4.79 Å². The highest BCUT2D eigenvalue weighted by molar-refractivity contribution is 6.33. The van der Waals surface area contributed by atoms with Gasteiger partial charge in [-0.1, -0.05) is 23.7 Å². The summed E-state index contributed by atoms with van der Waals surface area (Å²) < 4.78 is 11.1. The number of hydrogen-bond donors (Lipinski definition) is 2. The van der Waals surface area contributed by atoms with Gasteiger partial charge in [-0.3, -0.25) is 4.79 Å². The predicted molar refractivity (Wildman–Crippen MR) is 124 cm³/mol. The van der Waals surface area contributed by atoms with E-state index in [1.807, 2.05) is 30.0 Å². The van der Waals surface area contributed by atoms with Gasteiger partial charge in [0.2, 0.25) is 0 Å². The van der Waals surface area contributed by atoms with Crippen LogP contribution >= 0.6 is 11.6 Å². The standard InChI is InChI=1S/C23H30ClN5O3/c1-15-21(25-14-26-22(15)28-18-6-4-3-5-17(18)24)23(30)29-10-7-16(8-11-29)27-19-9-12-32-13-20(19)31-2/h3-6,14,16,19-20,27H,7-13H2,1-2H3,(H,25,26,28). The van der Waals surface area contributed by atoms with Crippen LogP contribution in [0.15, 0.2) is 30.6 Å². The second-order valence-electron chi connectivity index (χ2n) is 8.28. The van der Waals surface area contributed by atoms with E-state index in [-0.39, 0.29) is 12.0 Å². The predicted octanol–water partition coefficient (Wildman–Crippen LogP) is 3.18. The summed E-state index contributed by atoms with van der Waals surface area (Å²) in [6, 6.07) is 8.10. The molecule has 2 aromatic rings. The quantitative estimate of drug-likeness (QED) is 0.685. The summed E-state index contributed by atoms with van der Waals surface area (Å²) in [5.74, 6) is 0.518. The molecule has 4 rings (SSSR count). The zero-order valence-electron chi connectivity index (χ0n) is 18.5. The number of benzene rings is 1. The van der Waals surface area contributed by atoms with E-state index in [4.69, 9.17) is 21.1 Å². The number of rotatable bonds is 6. The van der Waals surface area contributed by atoms with Crippen molar-refractivity contribution in [2.75, 3.05) is 38.7 Å². The first-order chi connectivity index (χ1) is 15.6. The molecule has 8 nitrogen and oxygen atoms in total. The monoisotopic (exact) mass is 459 g/mol. The zero-order valence-corrected chi connectivity index (χ0v) is 19.3. The lowest BCUT2D eigenvalue weighted by Crippen LogP contribution is -2.54. The van der Waals surface area contributed by atoms with Gasteiger partial charge in [-0.15, -0.1) is 0 Å². The van der Waals surface area contributed by atoms with Crippen molar-refractivity contribution in [3.05, 3.63) is 46.9 Å². The summed E-state index contributed by atoms with van der Waals surface area (Å²) in [5, 5.41) is 7.53. The van der Waals surface area contributed by atoms with Crippen molar-refractivity contribution in [3.8, 4) is 0 Å². The maximum absolute atomic E-state index is 13.2. The van der Waals surface area contributed by atoms with Gasteiger partial charge in [0.1, 0.15) is 17.8 Å². The summed E-state index contributed by atoms with van der Waals surface area (Å²) >= 11 is 6.25. The van der Waals surface area contributed by atoms with Gasteiger partial charge in [-0.05, 0) is 38.3 Å². The van der Waals surface area contributed by atoms with Crippen molar-refractivity contribution in [2.24, 2.45) is 0 Å². The fourth-order valence-electron chi connectivity index (χ4n) is 4.32. The minimum Gasteiger partial charge on any atom is -0.379 e. The molecule has 0 spiro atoms. The molecule has 9 heteroatoms. The van der Waals surface area contributed by atoms with Crippen LogP contribution in [0, 0.1) is 6.92 Å². The third-order valence-electron chi connectivity index (χ3n) is 6.25. The highest BCUT2D eigenvalue weighted by atomic mass is 35.5. The molecule has 0 saturated carbocycles. The van der Waals surface area contributed by atoms with E-state index >= 15 is 0 Å². The van der Waals surface area contributed by atoms with Crippen LogP contribution in [-0.4, -0.2) is 72.4 Å². The van der Waals surface area contributed by atoms with Crippen LogP contribution in [0.4, 0.5) is 11.5 Å². The highest BCUT2D eigenvalue weighted by Gasteiger charge is 2.31. The number of methoxy groups -OCH3 is 1. The zero-order chi connectivity index (χ0) is 22.5. The number of para-hydroxylation sites is 1. The molecule has 32 heavy (non-hydrogen) atoms. The lowest BCUT2D eigenvalue weighted by molar-refractivity contribution is -0.0533. The highest BCUT2D eigenvalue weighted by Crippen LogP contribution is 2.27. The summed E-state index contributed by atoms with van der Waals surface area (Å²) in [7, 11) is 1.73.